The first-order valence-corrected chi connectivity index (χ1v) is 8.10. The van der Waals surface area contributed by atoms with Crippen LogP contribution in [0.3, 0.4) is 0 Å². The summed E-state index contributed by atoms with van der Waals surface area (Å²) >= 11 is 0. The largest absolute Gasteiger partial charge is 0.253 e. The highest BCUT2D eigenvalue weighted by molar-refractivity contribution is 5.79. The maximum absolute atomic E-state index is 4.54. The molecule has 0 bridgehead atoms. The fraction of sp³-hybridized carbons (Fsp3) is 0.556. The Kier molecular flexibility index (Phi) is 4.29. The van der Waals surface area contributed by atoms with E-state index in [0.717, 1.165) is 17.0 Å². The second kappa shape index (κ2) is 6.34. The minimum atomic E-state index is 0.883. The molecule has 0 amide bonds. The van der Waals surface area contributed by atoms with Gasteiger partial charge in [-0.25, -0.2) is 0 Å². The average Bonchev–Trinajstić information content (AvgIpc) is 2.51. The fourth-order valence-electron chi connectivity index (χ4n) is 3.47. The minimum Gasteiger partial charge on any atom is -0.253 e. The first-order valence-electron chi connectivity index (χ1n) is 8.10. The molecule has 1 atom stereocenters. The van der Waals surface area contributed by atoms with Crippen LogP contribution in [0.1, 0.15) is 56.6 Å². The van der Waals surface area contributed by atoms with Crippen LogP contribution in [0, 0.1) is 5.92 Å². The number of nitrogens with zero attached hydrogens (tertiary/aromatic N) is 2. The van der Waals surface area contributed by atoms with Gasteiger partial charge >= 0.3 is 0 Å². The summed E-state index contributed by atoms with van der Waals surface area (Å²) < 4.78 is 0. The normalized spacial score (nSPS) is 18.1. The summed E-state index contributed by atoms with van der Waals surface area (Å²) in [6.45, 7) is 2.28. The van der Waals surface area contributed by atoms with Gasteiger partial charge in [-0.05, 0) is 42.4 Å². The van der Waals surface area contributed by atoms with Gasteiger partial charge < -0.3 is 0 Å². The Morgan fingerprint density at radius 1 is 1.10 bits per heavy atom. The van der Waals surface area contributed by atoms with Crippen LogP contribution >= 0.6 is 0 Å². The highest BCUT2D eigenvalue weighted by Gasteiger charge is 2.20. The first-order chi connectivity index (χ1) is 9.88. The molecule has 3 rings (SSSR count). The molecule has 0 saturated carbocycles. The zero-order valence-corrected chi connectivity index (χ0v) is 12.4. The lowest BCUT2D eigenvalue weighted by Gasteiger charge is -2.25. The summed E-state index contributed by atoms with van der Waals surface area (Å²) in [5, 5.41) is 0. The van der Waals surface area contributed by atoms with E-state index >= 15 is 0 Å². The summed E-state index contributed by atoms with van der Waals surface area (Å²) in [5.74, 6) is 0.883. The molecule has 0 N–H and O–H groups in total. The van der Waals surface area contributed by atoms with Crippen LogP contribution in [0.25, 0.3) is 11.0 Å². The van der Waals surface area contributed by atoms with E-state index in [-0.39, 0.29) is 0 Å². The Balaban J connectivity index is 1.71. The van der Waals surface area contributed by atoms with Gasteiger partial charge in [-0.3, -0.25) is 9.97 Å². The SMILES string of the molecule is CCCCCCC1CCc2c(ccc3nccnc23)C1. The van der Waals surface area contributed by atoms with Crippen LogP contribution in [0.4, 0.5) is 0 Å². The molecule has 1 heterocycles. The van der Waals surface area contributed by atoms with Crippen LogP contribution in [0.15, 0.2) is 24.5 Å². The van der Waals surface area contributed by atoms with Crippen molar-refractivity contribution in [2.75, 3.05) is 0 Å². The van der Waals surface area contributed by atoms with Crippen LogP contribution in [-0.2, 0) is 12.8 Å². The van der Waals surface area contributed by atoms with Crippen molar-refractivity contribution in [3.8, 4) is 0 Å². The molecule has 2 aromatic rings. The molecule has 0 radical (unpaired) electrons. The van der Waals surface area contributed by atoms with Crippen molar-refractivity contribution >= 4 is 11.0 Å². The topological polar surface area (TPSA) is 25.8 Å². The summed E-state index contributed by atoms with van der Waals surface area (Å²) in [6.07, 6.45) is 14.3. The van der Waals surface area contributed by atoms with Gasteiger partial charge in [0.25, 0.3) is 0 Å². The Bertz CT molecular complexity index is 577. The van der Waals surface area contributed by atoms with Gasteiger partial charge in [0.05, 0.1) is 11.0 Å². The van der Waals surface area contributed by atoms with E-state index in [2.05, 4.69) is 29.0 Å². The lowest BCUT2D eigenvalue weighted by molar-refractivity contribution is 0.407. The fourth-order valence-corrected chi connectivity index (χ4v) is 3.47. The molecule has 2 nitrogen and oxygen atoms in total. The van der Waals surface area contributed by atoms with E-state index in [1.54, 1.807) is 6.20 Å². The maximum Gasteiger partial charge on any atom is 0.0921 e. The Hall–Kier alpha value is -1.44. The quantitative estimate of drug-likeness (QED) is 0.734. The molecule has 1 aromatic carbocycles. The summed E-state index contributed by atoms with van der Waals surface area (Å²) in [7, 11) is 0. The molecule has 1 unspecified atom stereocenters. The van der Waals surface area contributed by atoms with Crippen molar-refractivity contribution in [1.29, 1.82) is 0 Å². The molecule has 0 aliphatic heterocycles. The number of aryl methyl sites for hydroxylation is 1. The predicted octanol–water partition coefficient (Wildman–Crippen LogP) is 4.71. The molecule has 1 aromatic heterocycles. The molecule has 106 valence electrons. The number of unbranched alkanes of at least 4 members (excludes halogenated alkanes) is 3. The van der Waals surface area contributed by atoms with Gasteiger partial charge in [-0.15, -0.1) is 0 Å². The van der Waals surface area contributed by atoms with Crippen molar-refractivity contribution in [3.63, 3.8) is 0 Å². The molecule has 20 heavy (non-hydrogen) atoms. The molecule has 0 fully saturated rings. The number of rotatable bonds is 5. The van der Waals surface area contributed by atoms with Gasteiger partial charge in [0.1, 0.15) is 0 Å². The molecule has 2 heteroatoms. The third kappa shape index (κ3) is 2.84. The number of hydrogen-bond acceptors (Lipinski definition) is 2. The van der Waals surface area contributed by atoms with Crippen LogP contribution < -0.4 is 0 Å². The third-order valence-corrected chi connectivity index (χ3v) is 4.62. The smallest absolute Gasteiger partial charge is 0.0921 e. The van der Waals surface area contributed by atoms with E-state index in [1.165, 1.54) is 62.5 Å². The second-order valence-corrected chi connectivity index (χ2v) is 6.09. The number of aromatic nitrogens is 2. The Morgan fingerprint density at radius 2 is 2.00 bits per heavy atom. The first kappa shape index (κ1) is 13.5. The van der Waals surface area contributed by atoms with Gasteiger partial charge in [0, 0.05) is 12.4 Å². The van der Waals surface area contributed by atoms with Gasteiger partial charge in [-0.2, -0.15) is 0 Å². The van der Waals surface area contributed by atoms with Crippen molar-refractivity contribution in [3.05, 3.63) is 35.7 Å². The lowest BCUT2D eigenvalue weighted by Crippen LogP contribution is -2.15. The summed E-state index contributed by atoms with van der Waals surface area (Å²) in [4.78, 5) is 8.96. The van der Waals surface area contributed by atoms with Gasteiger partial charge in [0.15, 0.2) is 0 Å². The van der Waals surface area contributed by atoms with Crippen LogP contribution in [0.2, 0.25) is 0 Å². The zero-order valence-electron chi connectivity index (χ0n) is 12.4. The Morgan fingerprint density at radius 3 is 2.90 bits per heavy atom. The average molecular weight is 268 g/mol. The molecular weight excluding hydrogens is 244 g/mol. The van der Waals surface area contributed by atoms with Crippen LogP contribution in [-0.4, -0.2) is 9.97 Å². The van der Waals surface area contributed by atoms with Gasteiger partial charge in [0.2, 0.25) is 0 Å². The van der Waals surface area contributed by atoms with Crippen molar-refractivity contribution in [1.82, 2.24) is 9.97 Å². The van der Waals surface area contributed by atoms with Crippen LogP contribution in [0.5, 0.6) is 0 Å². The number of fused-ring (bicyclic) bond motifs is 3. The lowest BCUT2D eigenvalue weighted by atomic mass is 9.81. The summed E-state index contributed by atoms with van der Waals surface area (Å²) in [6, 6.07) is 4.42. The standard InChI is InChI=1S/C18H24N2/c1-2-3-4-5-6-14-7-9-16-15(13-14)8-10-17-18(16)20-12-11-19-17/h8,10-12,14H,2-7,9,13H2,1H3. The van der Waals surface area contributed by atoms with E-state index in [1.807, 2.05) is 6.20 Å². The van der Waals surface area contributed by atoms with Crippen molar-refractivity contribution in [2.24, 2.45) is 5.92 Å². The molecule has 1 aliphatic carbocycles. The molecule has 0 spiro atoms. The highest BCUT2D eigenvalue weighted by Crippen LogP contribution is 2.32. The molecular formula is C18H24N2. The van der Waals surface area contributed by atoms with E-state index in [0.29, 0.717) is 0 Å². The van der Waals surface area contributed by atoms with Crippen molar-refractivity contribution in [2.45, 2.75) is 58.3 Å². The maximum atomic E-state index is 4.54. The molecule has 0 saturated heterocycles. The highest BCUT2D eigenvalue weighted by atomic mass is 14.8. The third-order valence-electron chi connectivity index (χ3n) is 4.62. The van der Waals surface area contributed by atoms with Gasteiger partial charge in [-0.1, -0.05) is 45.1 Å². The minimum absolute atomic E-state index is 0.883. The monoisotopic (exact) mass is 268 g/mol. The Labute approximate surface area is 121 Å². The van der Waals surface area contributed by atoms with Crippen molar-refractivity contribution < 1.29 is 0 Å². The second-order valence-electron chi connectivity index (χ2n) is 6.09. The number of hydrogen-bond donors (Lipinski definition) is 0. The summed E-state index contributed by atoms with van der Waals surface area (Å²) in [5.41, 5.74) is 5.16. The zero-order chi connectivity index (χ0) is 13.8. The van der Waals surface area contributed by atoms with E-state index < -0.39 is 0 Å². The molecule has 1 aliphatic rings. The number of benzene rings is 1. The predicted molar refractivity (Wildman–Crippen MR) is 83.8 cm³/mol. The van der Waals surface area contributed by atoms with E-state index in [9.17, 15) is 0 Å². The van der Waals surface area contributed by atoms with E-state index in [4.69, 9.17) is 0 Å².